The van der Waals surface area contributed by atoms with E-state index in [1.165, 1.54) is 4.90 Å². The number of primary amides is 1. The first-order valence-electron chi connectivity index (χ1n) is 11.9. The van der Waals surface area contributed by atoms with Crippen LogP contribution < -0.4 is 16.4 Å². The first kappa shape index (κ1) is 29.9. The van der Waals surface area contributed by atoms with E-state index in [1.807, 2.05) is 53.7 Å². The highest BCUT2D eigenvalue weighted by molar-refractivity contribution is 5.94. The lowest BCUT2D eigenvalue weighted by Crippen LogP contribution is -2.57. The van der Waals surface area contributed by atoms with E-state index >= 15 is 0 Å². The van der Waals surface area contributed by atoms with Gasteiger partial charge in [0.05, 0.1) is 6.42 Å². The summed E-state index contributed by atoms with van der Waals surface area (Å²) in [5.41, 5.74) is 5.67. The molecule has 196 valence electrons. The molecule has 0 aromatic heterocycles. The Morgan fingerprint density at radius 1 is 1.03 bits per heavy atom. The lowest BCUT2D eigenvalue weighted by Gasteiger charge is -2.39. The standard InChI is InChI=1S/C26H42N4O5/c1-10-17(3)30(23(33)19(15-20(27)31)28-24(34)35-26(7,8)9)21(22(32)29-25(4,5)6)18-13-11-16(2)12-14-18/h11-14,17,19,21H,10,15H2,1-9H3,(H2,27,31)(H,28,34)(H,29,32). The highest BCUT2D eigenvalue weighted by Gasteiger charge is 2.39. The summed E-state index contributed by atoms with van der Waals surface area (Å²) in [5.74, 6) is -1.74. The molecule has 4 amide bonds. The number of nitrogens with one attached hydrogen (secondary N) is 2. The fourth-order valence-electron chi connectivity index (χ4n) is 3.45. The maximum atomic E-state index is 13.9. The maximum absolute atomic E-state index is 13.9. The number of carbonyl (C=O) groups is 4. The lowest BCUT2D eigenvalue weighted by atomic mass is 9.97. The van der Waals surface area contributed by atoms with Gasteiger partial charge in [0.15, 0.2) is 0 Å². The number of nitrogens with zero attached hydrogens (tertiary/aromatic N) is 1. The van der Waals surface area contributed by atoms with E-state index in [2.05, 4.69) is 10.6 Å². The van der Waals surface area contributed by atoms with Gasteiger partial charge in [0.25, 0.3) is 0 Å². The van der Waals surface area contributed by atoms with Crippen molar-refractivity contribution in [2.75, 3.05) is 0 Å². The molecular weight excluding hydrogens is 448 g/mol. The largest absolute Gasteiger partial charge is 0.444 e. The number of carbonyl (C=O) groups excluding carboxylic acids is 4. The second-order valence-corrected chi connectivity index (χ2v) is 10.9. The monoisotopic (exact) mass is 490 g/mol. The molecule has 0 aliphatic rings. The molecule has 1 aromatic rings. The Labute approximate surface area is 209 Å². The van der Waals surface area contributed by atoms with Crippen LogP contribution in [-0.2, 0) is 19.1 Å². The van der Waals surface area contributed by atoms with Crippen LogP contribution >= 0.6 is 0 Å². The van der Waals surface area contributed by atoms with Crippen LogP contribution in [0.2, 0.25) is 0 Å². The van der Waals surface area contributed by atoms with Gasteiger partial charge in [-0.1, -0.05) is 36.8 Å². The molecule has 0 aliphatic heterocycles. The average molecular weight is 491 g/mol. The molecule has 1 aromatic carbocycles. The van der Waals surface area contributed by atoms with Crippen LogP contribution in [0, 0.1) is 6.92 Å². The van der Waals surface area contributed by atoms with Gasteiger partial charge in [-0.3, -0.25) is 14.4 Å². The molecule has 0 radical (unpaired) electrons. The predicted molar refractivity (Wildman–Crippen MR) is 135 cm³/mol. The SMILES string of the molecule is CCC(C)N(C(=O)C(CC(N)=O)NC(=O)OC(C)(C)C)C(C(=O)NC(C)(C)C)c1ccc(C)cc1. The minimum atomic E-state index is -1.30. The number of rotatable bonds is 9. The van der Waals surface area contributed by atoms with Crippen molar-refractivity contribution in [3.63, 3.8) is 0 Å². The van der Waals surface area contributed by atoms with E-state index in [0.717, 1.165) is 5.56 Å². The smallest absolute Gasteiger partial charge is 0.408 e. The minimum absolute atomic E-state index is 0.370. The van der Waals surface area contributed by atoms with E-state index in [1.54, 1.807) is 32.9 Å². The van der Waals surface area contributed by atoms with E-state index in [4.69, 9.17) is 10.5 Å². The van der Waals surface area contributed by atoms with Crippen molar-refractivity contribution >= 4 is 23.8 Å². The normalized spacial score (nSPS) is 14.3. The molecule has 0 saturated carbocycles. The molecule has 1 rings (SSSR count). The van der Waals surface area contributed by atoms with Crippen molar-refractivity contribution < 1.29 is 23.9 Å². The topological polar surface area (TPSA) is 131 Å². The van der Waals surface area contributed by atoms with Crippen molar-refractivity contribution in [3.05, 3.63) is 35.4 Å². The number of hydrogen-bond acceptors (Lipinski definition) is 5. The van der Waals surface area contributed by atoms with E-state index in [0.29, 0.717) is 12.0 Å². The van der Waals surface area contributed by atoms with E-state index in [-0.39, 0.29) is 5.91 Å². The first-order chi connectivity index (χ1) is 15.9. The van der Waals surface area contributed by atoms with Crippen LogP contribution in [0.4, 0.5) is 4.79 Å². The quantitative estimate of drug-likeness (QED) is 0.489. The second kappa shape index (κ2) is 12.0. The van der Waals surface area contributed by atoms with Gasteiger partial charge >= 0.3 is 6.09 Å². The van der Waals surface area contributed by atoms with Gasteiger partial charge in [0.2, 0.25) is 17.7 Å². The van der Waals surface area contributed by atoms with Gasteiger partial charge < -0.3 is 26.0 Å². The Morgan fingerprint density at radius 2 is 1.57 bits per heavy atom. The highest BCUT2D eigenvalue weighted by Crippen LogP contribution is 2.27. The summed E-state index contributed by atoms with van der Waals surface area (Å²) in [4.78, 5) is 53.2. The molecule has 0 aliphatic carbocycles. The highest BCUT2D eigenvalue weighted by atomic mass is 16.6. The van der Waals surface area contributed by atoms with Crippen LogP contribution in [0.1, 0.15) is 85.4 Å². The molecule has 3 atom stereocenters. The summed E-state index contributed by atoms with van der Waals surface area (Å²) in [6.07, 6.45) is -0.758. The Morgan fingerprint density at radius 3 is 2.00 bits per heavy atom. The van der Waals surface area contributed by atoms with Crippen LogP contribution in [-0.4, -0.2) is 51.9 Å². The Hall–Kier alpha value is -3.10. The molecule has 0 fully saturated rings. The number of amides is 4. The van der Waals surface area contributed by atoms with Gasteiger partial charge in [-0.25, -0.2) is 4.79 Å². The molecule has 0 heterocycles. The van der Waals surface area contributed by atoms with Crippen LogP contribution in [0.15, 0.2) is 24.3 Å². The van der Waals surface area contributed by atoms with Gasteiger partial charge in [-0.15, -0.1) is 0 Å². The van der Waals surface area contributed by atoms with Crippen molar-refractivity contribution in [3.8, 4) is 0 Å². The van der Waals surface area contributed by atoms with Crippen LogP contribution in [0.3, 0.4) is 0 Å². The van der Waals surface area contributed by atoms with E-state index in [9.17, 15) is 19.2 Å². The average Bonchev–Trinajstić information content (AvgIpc) is 2.68. The molecular formula is C26H42N4O5. The van der Waals surface area contributed by atoms with Crippen molar-refractivity contribution in [1.29, 1.82) is 0 Å². The third kappa shape index (κ3) is 9.96. The van der Waals surface area contributed by atoms with E-state index < -0.39 is 53.6 Å². The molecule has 0 spiro atoms. The summed E-state index contributed by atoms with van der Waals surface area (Å²) in [5, 5.41) is 5.44. The number of hydrogen-bond donors (Lipinski definition) is 3. The first-order valence-corrected chi connectivity index (χ1v) is 11.9. The number of nitrogens with two attached hydrogens (primary N) is 1. The summed E-state index contributed by atoms with van der Waals surface area (Å²) in [6.45, 7) is 16.3. The number of aryl methyl sites for hydroxylation is 1. The fraction of sp³-hybridized carbons (Fsp3) is 0.615. The lowest BCUT2D eigenvalue weighted by molar-refractivity contribution is -0.146. The third-order valence-electron chi connectivity index (χ3n) is 5.13. The molecule has 9 heteroatoms. The van der Waals surface area contributed by atoms with Crippen LogP contribution in [0.25, 0.3) is 0 Å². The van der Waals surface area contributed by atoms with Crippen molar-refractivity contribution in [1.82, 2.24) is 15.5 Å². The summed E-state index contributed by atoms with van der Waals surface area (Å²) in [6, 6.07) is 4.65. The van der Waals surface area contributed by atoms with Gasteiger partial charge in [-0.2, -0.15) is 0 Å². The molecule has 9 nitrogen and oxygen atoms in total. The van der Waals surface area contributed by atoms with Crippen molar-refractivity contribution in [2.24, 2.45) is 5.73 Å². The summed E-state index contributed by atoms with van der Waals surface area (Å²) >= 11 is 0. The second-order valence-electron chi connectivity index (χ2n) is 10.9. The predicted octanol–water partition coefficient (Wildman–Crippen LogP) is 3.35. The zero-order valence-corrected chi connectivity index (χ0v) is 22.5. The molecule has 4 N–H and O–H groups in total. The zero-order valence-electron chi connectivity index (χ0n) is 22.5. The van der Waals surface area contributed by atoms with Gasteiger partial charge in [0.1, 0.15) is 17.7 Å². The molecule has 35 heavy (non-hydrogen) atoms. The molecule has 0 bridgehead atoms. The minimum Gasteiger partial charge on any atom is -0.444 e. The molecule has 0 saturated heterocycles. The van der Waals surface area contributed by atoms with Gasteiger partial charge in [0, 0.05) is 11.6 Å². The third-order valence-corrected chi connectivity index (χ3v) is 5.13. The fourth-order valence-corrected chi connectivity index (χ4v) is 3.45. The number of ether oxygens (including phenoxy) is 1. The Balaban J connectivity index is 3.55. The zero-order chi connectivity index (χ0) is 27.1. The summed E-state index contributed by atoms with van der Waals surface area (Å²) in [7, 11) is 0. The van der Waals surface area contributed by atoms with Crippen LogP contribution in [0.5, 0.6) is 0 Å². The number of alkyl carbamates (subject to hydrolysis) is 1. The summed E-state index contributed by atoms with van der Waals surface area (Å²) < 4.78 is 5.29. The molecule has 3 unspecified atom stereocenters. The Bertz CT molecular complexity index is 900. The van der Waals surface area contributed by atoms with Gasteiger partial charge in [-0.05, 0) is 67.4 Å². The number of benzene rings is 1. The Kier molecular flexibility index (Phi) is 10.3. The maximum Gasteiger partial charge on any atom is 0.408 e. The van der Waals surface area contributed by atoms with Crippen molar-refractivity contribution in [2.45, 2.75) is 104 Å².